The van der Waals surface area contributed by atoms with Crippen LogP contribution in [0.2, 0.25) is 10.0 Å². The van der Waals surface area contributed by atoms with Gasteiger partial charge in [-0.1, -0.05) is 34.5 Å². The largest absolute Gasteiger partial charge is 0.493 e. The molecule has 1 N–H and O–H groups in total. The Morgan fingerprint density at radius 3 is 2.25 bits per heavy atom. The Bertz CT molecular complexity index is 1000. The number of carbonyl (C=O) groups excluding carboxylic acids is 1. The first kappa shape index (κ1) is 20.2. The molecule has 0 radical (unpaired) electrons. The van der Waals surface area contributed by atoms with Crippen LogP contribution >= 0.6 is 34.5 Å². The van der Waals surface area contributed by atoms with Gasteiger partial charge in [0, 0.05) is 16.1 Å². The molecule has 0 saturated heterocycles. The van der Waals surface area contributed by atoms with Gasteiger partial charge in [0.05, 0.1) is 26.4 Å². The first-order valence-corrected chi connectivity index (χ1v) is 9.44. The van der Waals surface area contributed by atoms with Crippen molar-refractivity contribution in [1.29, 1.82) is 0 Å². The summed E-state index contributed by atoms with van der Waals surface area (Å²) in [4.78, 5) is 12.6. The van der Waals surface area contributed by atoms with Gasteiger partial charge >= 0.3 is 0 Å². The van der Waals surface area contributed by atoms with Gasteiger partial charge in [-0.15, -0.1) is 10.2 Å². The number of nitrogens with zero attached hydrogens (tertiary/aromatic N) is 2. The number of ether oxygens (including phenoxy) is 3. The van der Waals surface area contributed by atoms with Crippen molar-refractivity contribution in [2.24, 2.45) is 0 Å². The number of halogens is 2. The lowest BCUT2D eigenvalue weighted by Crippen LogP contribution is -2.12. The number of anilines is 1. The Kier molecular flexibility index (Phi) is 6.23. The zero-order valence-electron chi connectivity index (χ0n) is 15.1. The van der Waals surface area contributed by atoms with E-state index < -0.39 is 5.91 Å². The minimum Gasteiger partial charge on any atom is -0.493 e. The fourth-order valence-corrected chi connectivity index (χ4v) is 3.76. The summed E-state index contributed by atoms with van der Waals surface area (Å²) in [5.74, 6) is 0.747. The monoisotopic (exact) mass is 439 g/mol. The summed E-state index contributed by atoms with van der Waals surface area (Å²) in [6.07, 6.45) is 0. The van der Waals surface area contributed by atoms with Crippen molar-refractivity contribution < 1.29 is 19.0 Å². The van der Waals surface area contributed by atoms with E-state index in [1.54, 1.807) is 30.3 Å². The Balaban J connectivity index is 1.85. The highest BCUT2D eigenvalue weighted by Crippen LogP contribution is 2.38. The number of methoxy groups -OCH3 is 3. The van der Waals surface area contributed by atoms with Gasteiger partial charge in [-0.3, -0.25) is 10.1 Å². The zero-order chi connectivity index (χ0) is 20.3. The van der Waals surface area contributed by atoms with Crippen LogP contribution in [0, 0.1) is 0 Å². The smallest absolute Gasteiger partial charge is 0.257 e. The first-order valence-electron chi connectivity index (χ1n) is 7.87. The van der Waals surface area contributed by atoms with Crippen molar-refractivity contribution in [2.75, 3.05) is 26.6 Å². The molecule has 1 heterocycles. The molecule has 0 aliphatic carbocycles. The van der Waals surface area contributed by atoms with E-state index in [0.29, 0.717) is 48.6 Å². The van der Waals surface area contributed by atoms with Crippen LogP contribution in [0.25, 0.3) is 10.6 Å². The van der Waals surface area contributed by atoms with Gasteiger partial charge in [0.25, 0.3) is 5.91 Å². The molecular formula is C18H15Cl2N3O4S. The first-order chi connectivity index (χ1) is 13.5. The third-order valence-corrected chi connectivity index (χ3v) is 5.15. The topological polar surface area (TPSA) is 82.6 Å². The van der Waals surface area contributed by atoms with Gasteiger partial charge in [-0.25, -0.2) is 0 Å². The third kappa shape index (κ3) is 4.14. The summed E-state index contributed by atoms with van der Waals surface area (Å²) >= 11 is 13.3. The molecule has 3 rings (SSSR count). The van der Waals surface area contributed by atoms with Gasteiger partial charge in [0.15, 0.2) is 16.5 Å². The minimum atomic E-state index is -0.399. The number of amides is 1. The van der Waals surface area contributed by atoms with E-state index in [1.165, 1.54) is 32.7 Å². The predicted molar refractivity (Wildman–Crippen MR) is 109 cm³/mol. The molecule has 2 aromatic carbocycles. The lowest BCUT2D eigenvalue weighted by Gasteiger charge is -2.13. The fraction of sp³-hybridized carbons (Fsp3) is 0.167. The van der Waals surface area contributed by atoms with Gasteiger partial charge in [-0.05, 0) is 30.3 Å². The highest BCUT2D eigenvalue weighted by molar-refractivity contribution is 7.18. The molecule has 3 aromatic rings. The van der Waals surface area contributed by atoms with Crippen molar-refractivity contribution in [3.8, 4) is 27.8 Å². The van der Waals surface area contributed by atoms with Crippen molar-refractivity contribution in [1.82, 2.24) is 10.2 Å². The fourth-order valence-electron chi connectivity index (χ4n) is 2.43. The molecule has 146 valence electrons. The van der Waals surface area contributed by atoms with Crippen LogP contribution in [-0.4, -0.2) is 37.4 Å². The number of benzene rings is 2. The summed E-state index contributed by atoms with van der Waals surface area (Å²) in [6, 6.07) is 8.17. The average molecular weight is 440 g/mol. The molecule has 1 aromatic heterocycles. The van der Waals surface area contributed by atoms with Crippen LogP contribution in [0.1, 0.15) is 10.4 Å². The van der Waals surface area contributed by atoms with E-state index >= 15 is 0 Å². The minimum absolute atomic E-state index is 0.316. The number of rotatable bonds is 6. The van der Waals surface area contributed by atoms with Crippen LogP contribution in [-0.2, 0) is 0 Å². The molecule has 10 heteroatoms. The van der Waals surface area contributed by atoms with Crippen LogP contribution in [0.4, 0.5) is 5.13 Å². The molecule has 0 aliphatic rings. The molecule has 7 nitrogen and oxygen atoms in total. The highest BCUT2D eigenvalue weighted by atomic mass is 35.5. The summed E-state index contributed by atoms with van der Waals surface area (Å²) < 4.78 is 15.8. The van der Waals surface area contributed by atoms with E-state index in [1.807, 2.05) is 0 Å². The quantitative estimate of drug-likeness (QED) is 0.594. The molecule has 0 spiro atoms. The Morgan fingerprint density at radius 2 is 1.68 bits per heavy atom. The van der Waals surface area contributed by atoms with Crippen LogP contribution < -0.4 is 19.5 Å². The standard InChI is InChI=1S/C18H15Cl2N3O4S/c1-25-13-6-9(7-14(26-2)15(13)27-3)16(24)21-18-23-22-17(28-18)11-5-4-10(19)8-12(11)20/h4-8H,1-3H3,(H,21,23,24). The van der Waals surface area contributed by atoms with Crippen molar-refractivity contribution in [3.63, 3.8) is 0 Å². The van der Waals surface area contributed by atoms with E-state index in [2.05, 4.69) is 15.5 Å². The lowest BCUT2D eigenvalue weighted by atomic mass is 10.1. The number of carbonyl (C=O) groups is 1. The average Bonchev–Trinajstić information content (AvgIpc) is 3.14. The van der Waals surface area contributed by atoms with E-state index in [4.69, 9.17) is 37.4 Å². The number of aromatic nitrogens is 2. The summed E-state index contributed by atoms with van der Waals surface area (Å²) in [5, 5.41) is 12.6. The number of nitrogens with one attached hydrogen (secondary N) is 1. The maximum Gasteiger partial charge on any atom is 0.257 e. The molecule has 28 heavy (non-hydrogen) atoms. The molecule has 0 unspecified atom stereocenters. The summed E-state index contributed by atoms with van der Waals surface area (Å²) in [6.45, 7) is 0. The second-order valence-corrected chi connectivity index (χ2v) is 7.23. The maximum atomic E-state index is 12.6. The summed E-state index contributed by atoms with van der Waals surface area (Å²) in [5.41, 5.74) is 0.993. The van der Waals surface area contributed by atoms with Gasteiger partial charge < -0.3 is 14.2 Å². The second kappa shape index (κ2) is 8.64. The van der Waals surface area contributed by atoms with Crippen molar-refractivity contribution >= 4 is 45.6 Å². The normalized spacial score (nSPS) is 10.5. The van der Waals surface area contributed by atoms with Crippen molar-refractivity contribution in [2.45, 2.75) is 0 Å². The highest BCUT2D eigenvalue weighted by Gasteiger charge is 2.18. The van der Waals surface area contributed by atoms with Gasteiger partial charge in [-0.2, -0.15) is 0 Å². The van der Waals surface area contributed by atoms with Crippen LogP contribution in [0.15, 0.2) is 30.3 Å². The van der Waals surface area contributed by atoms with Gasteiger partial charge in [0.2, 0.25) is 10.9 Å². The van der Waals surface area contributed by atoms with E-state index in [9.17, 15) is 4.79 Å². The van der Waals surface area contributed by atoms with E-state index in [0.717, 1.165) is 0 Å². The third-order valence-electron chi connectivity index (χ3n) is 3.73. The predicted octanol–water partition coefficient (Wildman–Crippen LogP) is 4.79. The van der Waals surface area contributed by atoms with Crippen LogP contribution in [0.3, 0.4) is 0 Å². The number of hydrogen-bond donors (Lipinski definition) is 1. The molecule has 0 aliphatic heterocycles. The summed E-state index contributed by atoms with van der Waals surface area (Å²) in [7, 11) is 4.45. The maximum absolute atomic E-state index is 12.6. The Morgan fingerprint density at radius 1 is 1.00 bits per heavy atom. The van der Waals surface area contributed by atoms with Crippen LogP contribution in [0.5, 0.6) is 17.2 Å². The zero-order valence-corrected chi connectivity index (χ0v) is 17.4. The molecule has 0 bridgehead atoms. The van der Waals surface area contributed by atoms with Crippen molar-refractivity contribution in [3.05, 3.63) is 45.9 Å². The SMILES string of the molecule is COc1cc(C(=O)Nc2nnc(-c3ccc(Cl)cc3Cl)s2)cc(OC)c1OC. The lowest BCUT2D eigenvalue weighted by molar-refractivity contribution is 0.102. The molecular weight excluding hydrogens is 425 g/mol. The van der Waals surface area contributed by atoms with Gasteiger partial charge in [0.1, 0.15) is 0 Å². The molecule has 1 amide bonds. The molecule has 0 saturated carbocycles. The van der Waals surface area contributed by atoms with E-state index in [-0.39, 0.29) is 0 Å². The second-order valence-electron chi connectivity index (χ2n) is 5.40. The molecule has 0 fully saturated rings. The Hall–Kier alpha value is -2.55. The molecule has 0 atom stereocenters. The number of hydrogen-bond acceptors (Lipinski definition) is 7. The Labute approximate surface area is 175 Å².